The Morgan fingerprint density at radius 3 is 2.79 bits per heavy atom. The van der Waals surface area contributed by atoms with Crippen LogP contribution in [0.1, 0.15) is 67.1 Å². The number of carbonyl (C=O) groups excluding carboxylic acids is 1. The molecule has 9 heteroatoms. The number of hydrogen-bond donors (Lipinski definition) is 1. The standard InChI is InChI=1S/C25H32N8O/c1-6-16-10-11-22-29-30-24(33(16)22)19-8-7-9-21(27-19)32-14-18-17(25(32)34)12-23(31(5)15(2)3)28-20(18)13-26-4/h7-9,12,15-16,26H,6,10-11,13-14H2,1-5H3/t16-/m0/s1. The van der Waals surface area contributed by atoms with Gasteiger partial charge in [0.25, 0.3) is 5.91 Å². The predicted molar refractivity (Wildman–Crippen MR) is 132 cm³/mol. The van der Waals surface area contributed by atoms with Crippen molar-refractivity contribution in [1.82, 2.24) is 30.0 Å². The molecule has 1 atom stereocenters. The van der Waals surface area contributed by atoms with Crippen LogP contribution in [-0.4, -0.2) is 50.8 Å². The first-order valence-corrected chi connectivity index (χ1v) is 12.1. The van der Waals surface area contributed by atoms with E-state index in [9.17, 15) is 4.79 Å². The van der Waals surface area contributed by atoms with Crippen LogP contribution in [0.4, 0.5) is 11.6 Å². The van der Waals surface area contributed by atoms with Crippen molar-refractivity contribution in [1.29, 1.82) is 0 Å². The van der Waals surface area contributed by atoms with E-state index in [1.807, 2.05) is 38.4 Å². The molecule has 9 nitrogen and oxygen atoms in total. The number of amides is 1. The predicted octanol–water partition coefficient (Wildman–Crippen LogP) is 3.36. The van der Waals surface area contributed by atoms with Crippen molar-refractivity contribution >= 4 is 17.5 Å². The second-order valence-electron chi connectivity index (χ2n) is 9.37. The summed E-state index contributed by atoms with van der Waals surface area (Å²) in [5.41, 5.74) is 3.30. The summed E-state index contributed by atoms with van der Waals surface area (Å²) in [7, 11) is 3.90. The zero-order chi connectivity index (χ0) is 24.0. The lowest BCUT2D eigenvalue weighted by Gasteiger charge is -2.24. The third-order valence-electron chi connectivity index (χ3n) is 7.01. The van der Waals surface area contributed by atoms with E-state index in [0.717, 1.165) is 53.7 Å². The maximum absolute atomic E-state index is 13.6. The molecular formula is C25H32N8O. The summed E-state index contributed by atoms with van der Waals surface area (Å²) < 4.78 is 2.22. The van der Waals surface area contributed by atoms with Gasteiger partial charge in [0.05, 0.1) is 17.8 Å². The highest BCUT2D eigenvalue weighted by Crippen LogP contribution is 2.35. The summed E-state index contributed by atoms with van der Waals surface area (Å²) in [6.07, 6.45) is 3.06. The Hall–Kier alpha value is -3.33. The fraction of sp³-hybridized carbons (Fsp3) is 0.480. The molecule has 0 fully saturated rings. The Kier molecular flexibility index (Phi) is 5.81. The maximum atomic E-state index is 13.6. The Morgan fingerprint density at radius 2 is 2.06 bits per heavy atom. The van der Waals surface area contributed by atoms with Crippen LogP contribution in [0, 0.1) is 0 Å². The van der Waals surface area contributed by atoms with Crippen LogP contribution in [0.5, 0.6) is 0 Å². The second-order valence-corrected chi connectivity index (χ2v) is 9.37. The third kappa shape index (κ3) is 3.64. The van der Waals surface area contributed by atoms with Crippen LogP contribution >= 0.6 is 0 Å². The fourth-order valence-corrected chi connectivity index (χ4v) is 4.86. The van der Waals surface area contributed by atoms with Gasteiger partial charge in [0.2, 0.25) is 0 Å². The average Bonchev–Trinajstić information content (AvgIpc) is 3.53. The van der Waals surface area contributed by atoms with Gasteiger partial charge in [-0.3, -0.25) is 9.69 Å². The lowest BCUT2D eigenvalue weighted by atomic mass is 10.1. The monoisotopic (exact) mass is 460 g/mol. The fourth-order valence-electron chi connectivity index (χ4n) is 4.86. The summed E-state index contributed by atoms with van der Waals surface area (Å²) in [4.78, 5) is 27.1. The highest BCUT2D eigenvalue weighted by molar-refractivity contribution is 6.10. The van der Waals surface area contributed by atoms with Gasteiger partial charge in [0.15, 0.2) is 5.82 Å². The molecule has 2 aliphatic heterocycles. The van der Waals surface area contributed by atoms with Gasteiger partial charge in [-0.1, -0.05) is 13.0 Å². The van der Waals surface area contributed by atoms with E-state index in [1.54, 1.807) is 4.90 Å². The van der Waals surface area contributed by atoms with Gasteiger partial charge in [0, 0.05) is 37.7 Å². The van der Waals surface area contributed by atoms with Crippen LogP contribution in [-0.2, 0) is 19.5 Å². The minimum absolute atomic E-state index is 0.0456. The van der Waals surface area contributed by atoms with Crippen molar-refractivity contribution < 1.29 is 4.79 Å². The normalized spacial score (nSPS) is 16.9. The van der Waals surface area contributed by atoms with Gasteiger partial charge in [-0.2, -0.15) is 0 Å². The molecular weight excluding hydrogens is 428 g/mol. The summed E-state index contributed by atoms with van der Waals surface area (Å²) in [5, 5.41) is 12.0. The molecule has 5 heterocycles. The van der Waals surface area contributed by atoms with Gasteiger partial charge in [0.1, 0.15) is 23.2 Å². The van der Waals surface area contributed by atoms with E-state index >= 15 is 0 Å². The van der Waals surface area contributed by atoms with Crippen LogP contribution in [0.2, 0.25) is 0 Å². The lowest BCUT2D eigenvalue weighted by Crippen LogP contribution is -2.27. The van der Waals surface area contributed by atoms with Crippen molar-refractivity contribution in [3.05, 3.63) is 46.9 Å². The highest BCUT2D eigenvalue weighted by Gasteiger charge is 2.34. The number of nitrogens with zero attached hydrogens (tertiary/aromatic N) is 7. The van der Waals surface area contributed by atoms with E-state index in [0.29, 0.717) is 30.5 Å². The highest BCUT2D eigenvalue weighted by atomic mass is 16.2. The zero-order valence-electron chi connectivity index (χ0n) is 20.5. The largest absolute Gasteiger partial charge is 0.357 e. The van der Waals surface area contributed by atoms with E-state index in [-0.39, 0.29) is 11.9 Å². The Labute approximate surface area is 200 Å². The average molecular weight is 461 g/mol. The summed E-state index contributed by atoms with van der Waals surface area (Å²) >= 11 is 0. The maximum Gasteiger partial charge on any atom is 0.260 e. The van der Waals surface area contributed by atoms with Crippen molar-refractivity contribution in [2.45, 2.75) is 65.2 Å². The molecule has 0 radical (unpaired) electrons. The van der Waals surface area contributed by atoms with Crippen molar-refractivity contribution in [2.75, 3.05) is 23.9 Å². The first-order valence-electron chi connectivity index (χ1n) is 12.1. The molecule has 0 unspecified atom stereocenters. The molecule has 0 bridgehead atoms. The number of nitrogens with one attached hydrogen (secondary N) is 1. The van der Waals surface area contributed by atoms with E-state index < -0.39 is 0 Å². The second kappa shape index (κ2) is 8.79. The number of fused-ring (bicyclic) bond motifs is 2. The van der Waals surface area contributed by atoms with Gasteiger partial charge in [-0.05, 0) is 51.9 Å². The molecule has 34 heavy (non-hydrogen) atoms. The van der Waals surface area contributed by atoms with Crippen molar-refractivity contribution in [3.8, 4) is 11.5 Å². The summed E-state index contributed by atoms with van der Waals surface area (Å²) in [6, 6.07) is 8.36. The first kappa shape index (κ1) is 22.5. The molecule has 1 N–H and O–H groups in total. The van der Waals surface area contributed by atoms with Crippen LogP contribution in [0.15, 0.2) is 24.3 Å². The number of carbonyl (C=O) groups is 1. The SMILES string of the molecule is CC[C@H]1CCc2nnc(-c3cccc(N4Cc5c(cc(N(C)C(C)C)nc5CNC)C4=O)n3)n21. The van der Waals surface area contributed by atoms with Gasteiger partial charge in [-0.15, -0.1) is 10.2 Å². The van der Waals surface area contributed by atoms with Gasteiger partial charge in [-0.25, -0.2) is 9.97 Å². The number of pyridine rings is 2. The topological polar surface area (TPSA) is 92.1 Å². The number of rotatable bonds is 7. The Balaban J connectivity index is 1.51. The first-order chi connectivity index (χ1) is 16.4. The molecule has 178 valence electrons. The minimum atomic E-state index is -0.0456. The molecule has 5 rings (SSSR count). The summed E-state index contributed by atoms with van der Waals surface area (Å²) in [6.45, 7) is 7.47. The van der Waals surface area contributed by atoms with E-state index in [2.05, 4.69) is 45.8 Å². The molecule has 0 saturated heterocycles. The molecule has 0 spiro atoms. The van der Waals surface area contributed by atoms with Gasteiger partial charge < -0.3 is 14.8 Å². The number of anilines is 2. The Bertz CT molecular complexity index is 1230. The van der Waals surface area contributed by atoms with E-state index in [1.165, 1.54) is 0 Å². The number of hydrogen-bond acceptors (Lipinski definition) is 7. The quantitative estimate of drug-likeness (QED) is 0.578. The lowest BCUT2D eigenvalue weighted by molar-refractivity contribution is 0.0996. The molecule has 0 aromatic carbocycles. The smallest absolute Gasteiger partial charge is 0.260 e. The summed E-state index contributed by atoms with van der Waals surface area (Å²) in [5.74, 6) is 3.18. The molecule has 3 aromatic rings. The molecule has 2 aliphatic rings. The van der Waals surface area contributed by atoms with Crippen LogP contribution in [0.3, 0.4) is 0 Å². The molecule has 3 aromatic heterocycles. The molecule has 0 saturated carbocycles. The number of aryl methyl sites for hydroxylation is 1. The molecule has 1 amide bonds. The zero-order valence-corrected chi connectivity index (χ0v) is 20.5. The van der Waals surface area contributed by atoms with E-state index in [4.69, 9.17) is 9.97 Å². The molecule has 0 aliphatic carbocycles. The van der Waals surface area contributed by atoms with Crippen molar-refractivity contribution in [3.63, 3.8) is 0 Å². The van der Waals surface area contributed by atoms with Gasteiger partial charge >= 0.3 is 0 Å². The van der Waals surface area contributed by atoms with Crippen molar-refractivity contribution in [2.24, 2.45) is 0 Å². The minimum Gasteiger partial charge on any atom is -0.357 e. The third-order valence-corrected chi connectivity index (χ3v) is 7.01. The van der Waals surface area contributed by atoms with Crippen LogP contribution in [0.25, 0.3) is 11.5 Å². The number of aromatic nitrogens is 5. The Morgan fingerprint density at radius 1 is 1.24 bits per heavy atom. The van der Waals surface area contributed by atoms with Crippen LogP contribution < -0.4 is 15.1 Å².